The van der Waals surface area contributed by atoms with Gasteiger partial charge in [-0.3, -0.25) is 0 Å². The predicted molar refractivity (Wildman–Crippen MR) is 42.6 cm³/mol. The van der Waals surface area contributed by atoms with Gasteiger partial charge >= 0.3 is 0 Å². The third-order valence-electron chi connectivity index (χ3n) is 1.41. The van der Waals surface area contributed by atoms with Gasteiger partial charge in [0.1, 0.15) is 12.5 Å². The van der Waals surface area contributed by atoms with Crippen LogP contribution in [0.3, 0.4) is 0 Å². The van der Waals surface area contributed by atoms with Crippen molar-refractivity contribution in [3.05, 3.63) is 23.3 Å². The second-order valence-electron chi connectivity index (χ2n) is 2.23. The van der Waals surface area contributed by atoms with Crippen molar-refractivity contribution >= 4 is 29.5 Å². The van der Waals surface area contributed by atoms with Crippen LogP contribution in [0.4, 0.5) is 4.39 Å². The van der Waals surface area contributed by atoms with Crippen LogP contribution in [-0.2, 0) is 4.79 Å². The summed E-state index contributed by atoms with van der Waals surface area (Å²) < 4.78 is 12.9. The van der Waals surface area contributed by atoms with E-state index in [4.69, 9.17) is 23.2 Å². The molecule has 2 atom stereocenters. The molecular formula is C7H5Cl2FO. The molecule has 1 aliphatic carbocycles. The Hall–Kier alpha value is -0.340. The maximum absolute atomic E-state index is 12.9. The van der Waals surface area contributed by atoms with Crippen LogP contribution in [0.15, 0.2) is 23.3 Å². The molecule has 0 amide bonds. The van der Waals surface area contributed by atoms with E-state index in [2.05, 4.69) is 0 Å². The smallest absolute Gasteiger partial charge is 0.153 e. The SMILES string of the molecule is O=C[C@@]1(Cl)C=CC(Cl)=CC1F. The quantitative estimate of drug-likeness (QED) is 0.463. The van der Waals surface area contributed by atoms with Crippen molar-refractivity contribution < 1.29 is 9.18 Å². The van der Waals surface area contributed by atoms with Gasteiger partial charge in [-0.25, -0.2) is 4.39 Å². The van der Waals surface area contributed by atoms with Crippen LogP contribution in [0.1, 0.15) is 0 Å². The molecule has 0 saturated heterocycles. The first-order chi connectivity index (χ1) is 5.08. The fourth-order valence-corrected chi connectivity index (χ4v) is 1.03. The molecule has 60 valence electrons. The normalized spacial score (nSPS) is 36.6. The molecule has 11 heavy (non-hydrogen) atoms. The number of aldehydes is 1. The standard InChI is InChI=1S/C7H5Cl2FO/c8-5-1-2-7(9,4-11)6(10)3-5/h1-4,6H/t6?,7-/m0/s1. The monoisotopic (exact) mass is 194 g/mol. The summed E-state index contributed by atoms with van der Waals surface area (Å²) in [5.41, 5.74) is 0. The van der Waals surface area contributed by atoms with Crippen LogP contribution in [-0.4, -0.2) is 17.3 Å². The molecule has 1 unspecified atom stereocenters. The second-order valence-corrected chi connectivity index (χ2v) is 3.32. The number of allylic oxidation sites excluding steroid dienone is 4. The Bertz CT molecular complexity index is 237. The van der Waals surface area contributed by atoms with Crippen LogP contribution < -0.4 is 0 Å². The van der Waals surface area contributed by atoms with E-state index in [1.54, 1.807) is 0 Å². The van der Waals surface area contributed by atoms with Gasteiger partial charge in [-0.1, -0.05) is 17.7 Å². The van der Waals surface area contributed by atoms with Gasteiger partial charge in [-0.05, 0) is 12.2 Å². The molecule has 0 heterocycles. The van der Waals surface area contributed by atoms with Crippen molar-refractivity contribution in [3.63, 3.8) is 0 Å². The third kappa shape index (κ3) is 1.63. The zero-order valence-electron chi connectivity index (χ0n) is 5.43. The molecule has 0 N–H and O–H groups in total. The zero-order valence-corrected chi connectivity index (χ0v) is 6.94. The zero-order chi connectivity index (χ0) is 8.48. The van der Waals surface area contributed by atoms with Gasteiger partial charge in [0.25, 0.3) is 0 Å². The van der Waals surface area contributed by atoms with Crippen molar-refractivity contribution in [2.24, 2.45) is 0 Å². The number of alkyl halides is 2. The van der Waals surface area contributed by atoms with Crippen LogP contribution in [0.2, 0.25) is 0 Å². The van der Waals surface area contributed by atoms with Crippen molar-refractivity contribution in [2.45, 2.75) is 11.0 Å². The molecule has 1 aliphatic rings. The van der Waals surface area contributed by atoms with E-state index in [0.29, 0.717) is 6.29 Å². The maximum atomic E-state index is 12.9. The number of halogens is 3. The molecule has 1 nitrogen and oxygen atoms in total. The lowest BCUT2D eigenvalue weighted by Gasteiger charge is -2.21. The molecule has 0 bridgehead atoms. The highest BCUT2D eigenvalue weighted by Gasteiger charge is 2.35. The molecule has 0 aromatic heterocycles. The highest BCUT2D eigenvalue weighted by Crippen LogP contribution is 2.29. The molecule has 0 aliphatic heterocycles. The van der Waals surface area contributed by atoms with E-state index in [1.165, 1.54) is 12.2 Å². The van der Waals surface area contributed by atoms with Crippen LogP contribution >= 0.6 is 23.2 Å². The summed E-state index contributed by atoms with van der Waals surface area (Å²) in [5.74, 6) is 0. The molecular weight excluding hydrogens is 190 g/mol. The van der Waals surface area contributed by atoms with E-state index >= 15 is 0 Å². The Labute approximate surface area is 73.5 Å². The fraction of sp³-hybridized carbons (Fsp3) is 0.286. The van der Waals surface area contributed by atoms with Gasteiger partial charge in [0.15, 0.2) is 4.87 Å². The first-order valence-corrected chi connectivity index (χ1v) is 3.70. The summed E-state index contributed by atoms with van der Waals surface area (Å²) in [7, 11) is 0. The number of carbonyl (C=O) groups is 1. The van der Waals surface area contributed by atoms with Gasteiger partial charge < -0.3 is 4.79 Å². The van der Waals surface area contributed by atoms with Crippen molar-refractivity contribution in [3.8, 4) is 0 Å². The largest absolute Gasteiger partial charge is 0.301 e. The molecule has 0 fully saturated rings. The minimum absolute atomic E-state index is 0.260. The number of hydrogen-bond donors (Lipinski definition) is 0. The summed E-state index contributed by atoms with van der Waals surface area (Å²) in [6.45, 7) is 0. The summed E-state index contributed by atoms with van der Waals surface area (Å²) >= 11 is 11.0. The Kier molecular flexibility index (Phi) is 2.35. The summed E-state index contributed by atoms with van der Waals surface area (Å²) in [6.07, 6.45) is 2.56. The Morgan fingerprint density at radius 2 is 2.36 bits per heavy atom. The lowest BCUT2D eigenvalue weighted by atomic mass is 10.00. The van der Waals surface area contributed by atoms with E-state index in [9.17, 15) is 9.18 Å². The van der Waals surface area contributed by atoms with E-state index in [1.807, 2.05) is 0 Å². The maximum Gasteiger partial charge on any atom is 0.153 e. The average Bonchev–Trinajstić information content (AvgIpc) is 1.98. The topological polar surface area (TPSA) is 17.1 Å². The predicted octanol–water partition coefficient (Wildman–Crippen LogP) is 2.19. The third-order valence-corrected chi connectivity index (χ3v) is 2.08. The first kappa shape index (κ1) is 8.75. The lowest BCUT2D eigenvalue weighted by molar-refractivity contribution is -0.109. The summed E-state index contributed by atoms with van der Waals surface area (Å²) in [4.78, 5) is 8.75. The van der Waals surface area contributed by atoms with Crippen molar-refractivity contribution in [1.29, 1.82) is 0 Å². The highest BCUT2D eigenvalue weighted by atomic mass is 35.5. The van der Waals surface area contributed by atoms with Crippen LogP contribution in [0, 0.1) is 0 Å². The molecule has 1 rings (SSSR count). The Morgan fingerprint density at radius 1 is 1.73 bits per heavy atom. The van der Waals surface area contributed by atoms with E-state index < -0.39 is 11.0 Å². The average molecular weight is 195 g/mol. The molecule has 0 aromatic carbocycles. The fourth-order valence-electron chi connectivity index (χ4n) is 0.727. The first-order valence-electron chi connectivity index (χ1n) is 2.94. The number of hydrogen-bond acceptors (Lipinski definition) is 1. The molecule has 0 spiro atoms. The summed E-state index contributed by atoms with van der Waals surface area (Å²) in [5, 5.41) is 0.260. The van der Waals surface area contributed by atoms with Crippen molar-refractivity contribution in [2.75, 3.05) is 0 Å². The Morgan fingerprint density at radius 3 is 2.82 bits per heavy atom. The minimum Gasteiger partial charge on any atom is -0.301 e. The molecule has 0 saturated carbocycles. The number of rotatable bonds is 1. The second kappa shape index (κ2) is 2.95. The van der Waals surface area contributed by atoms with E-state index in [-0.39, 0.29) is 5.03 Å². The van der Waals surface area contributed by atoms with E-state index in [0.717, 1.165) is 6.08 Å². The summed E-state index contributed by atoms with van der Waals surface area (Å²) in [6, 6.07) is 0. The minimum atomic E-state index is -1.56. The highest BCUT2D eigenvalue weighted by molar-refractivity contribution is 6.35. The number of carbonyl (C=O) groups excluding carboxylic acids is 1. The van der Waals surface area contributed by atoms with Crippen LogP contribution in [0.25, 0.3) is 0 Å². The molecule has 0 radical (unpaired) electrons. The Balaban J connectivity index is 2.92. The lowest BCUT2D eigenvalue weighted by Crippen LogP contribution is -2.33. The van der Waals surface area contributed by atoms with Gasteiger partial charge in [-0.2, -0.15) is 0 Å². The van der Waals surface area contributed by atoms with Gasteiger partial charge in [0.05, 0.1) is 0 Å². The molecule has 0 aromatic rings. The van der Waals surface area contributed by atoms with Gasteiger partial charge in [0, 0.05) is 5.03 Å². The van der Waals surface area contributed by atoms with Gasteiger partial charge in [0.2, 0.25) is 0 Å². The molecule has 4 heteroatoms. The van der Waals surface area contributed by atoms with Crippen molar-refractivity contribution in [1.82, 2.24) is 0 Å². The van der Waals surface area contributed by atoms with Crippen LogP contribution in [0.5, 0.6) is 0 Å². The van der Waals surface area contributed by atoms with Gasteiger partial charge in [-0.15, -0.1) is 11.6 Å².